The van der Waals surface area contributed by atoms with Crippen LogP contribution in [-0.2, 0) is 6.54 Å². The molecule has 1 saturated carbocycles. The van der Waals surface area contributed by atoms with Gasteiger partial charge in [0.05, 0.1) is 16.4 Å². The first-order valence-electron chi connectivity index (χ1n) is 7.36. The third-order valence-corrected chi connectivity index (χ3v) is 4.98. The third-order valence-electron chi connectivity index (χ3n) is 4.55. The summed E-state index contributed by atoms with van der Waals surface area (Å²) < 4.78 is 2.30. The van der Waals surface area contributed by atoms with Crippen molar-refractivity contribution < 1.29 is 0 Å². The summed E-state index contributed by atoms with van der Waals surface area (Å²) in [6, 6.07) is 5.92. The number of hydrogen-bond donors (Lipinski definition) is 0. The summed E-state index contributed by atoms with van der Waals surface area (Å²) >= 11 is 12.4. The van der Waals surface area contributed by atoms with Crippen molar-refractivity contribution in [1.29, 1.82) is 0 Å². The minimum absolute atomic E-state index is 0.0853. The van der Waals surface area contributed by atoms with Crippen molar-refractivity contribution in [3.63, 3.8) is 0 Å². The maximum absolute atomic E-state index is 6.33. The molecular formula is C16H20Cl2N2. The molecule has 1 aromatic heterocycles. The minimum atomic E-state index is -0.0853. The van der Waals surface area contributed by atoms with Gasteiger partial charge in [0.25, 0.3) is 0 Å². The predicted molar refractivity (Wildman–Crippen MR) is 85.5 cm³/mol. The molecule has 3 rings (SSSR count). The smallest absolute Gasteiger partial charge is 0.127 e. The lowest BCUT2D eigenvalue weighted by molar-refractivity contribution is 0.363. The Labute approximate surface area is 130 Å². The van der Waals surface area contributed by atoms with Crippen molar-refractivity contribution in [1.82, 2.24) is 9.55 Å². The SMILES string of the molecule is CC(Cl)c1nc2cc(Cl)ccc2n1CC1CCCC1C. The molecule has 1 aliphatic carbocycles. The van der Waals surface area contributed by atoms with Gasteiger partial charge in [-0.1, -0.05) is 31.4 Å². The average Bonchev–Trinajstić information content (AvgIpc) is 2.95. The number of benzene rings is 1. The Balaban J connectivity index is 2.04. The van der Waals surface area contributed by atoms with Gasteiger partial charge in [-0.25, -0.2) is 4.98 Å². The lowest BCUT2D eigenvalue weighted by atomic mass is 9.98. The summed E-state index contributed by atoms with van der Waals surface area (Å²) in [5, 5.41) is 0.642. The molecule has 0 aliphatic heterocycles. The van der Waals surface area contributed by atoms with Crippen LogP contribution in [0.2, 0.25) is 5.02 Å². The van der Waals surface area contributed by atoms with Crippen LogP contribution in [0.3, 0.4) is 0 Å². The first-order chi connectivity index (χ1) is 9.56. The molecule has 2 aromatic rings. The van der Waals surface area contributed by atoms with E-state index in [0.29, 0.717) is 0 Å². The van der Waals surface area contributed by atoms with Crippen molar-refractivity contribution >= 4 is 34.2 Å². The van der Waals surface area contributed by atoms with Crippen LogP contribution in [0.15, 0.2) is 18.2 Å². The third kappa shape index (κ3) is 2.56. The van der Waals surface area contributed by atoms with Gasteiger partial charge >= 0.3 is 0 Å². The number of halogens is 2. The van der Waals surface area contributed by atoms with E-state index in [1.54, 1.807) is 0 Å². The second kappa shape index (κ2) is 5.57. The van der Waals surface area contributed by atoms with E-state index in [2.05, 4.69) is 22.5 Å². The monoisotopic (exact) mass is 310 g/mol. The fourth-order valence-electron chi connectivity index (χ4n) is 3.35. The van der Waals surface area contributed by atoms with Crippen LogP contribution in [-0.4, -0.2) is 9.55 Å². The number of hydrogen-bond acceptors (Lipinski definition) is 1. The molecule has 4 heteroatoms. The molecule has 1 aromatic carbocycles. The first-order valence-corrected chi connectivity index (χ1v) is 8.17. The van der Waals surface area contributed by atoms with Gasteiger partial charge in [-0.2, -0.15) is 0 Å². The molecule has 1 fully saturated rings. The minimum Gasteiger partial charge on any atom is -0.326 e. The number of nitrogens with zero attached hydrogens (tertiary/aromatic N) is 2. The second-order valence-electron chi connectivity index (χ2n) is 6.00. The van der Waals surface area contributed by atoms with Crippen molar-refractivity contribution in [2.75, 3.05) is 0 Å². The van der Waals surface area contributed by atoms with Crippen LogP contribution >= 0.6 is 23.2 Å². The molecule has 0 spiro atoms. The first kappa shape index (κ1) is 14.2. The van der Waals surface area contributed by atoms with Crippen molar-refractivity contribution in [3.8, 4) is 0 Å². The average molecular weight is 311 g/mol. The molecule has 2 nitrogen and oxygen atoms in total. The highest BCUT2D eigenvalue weighted by Gasteiger charge is 2.26. The zero-order valence-corrected chi connectivity index (χ0v) is 13.5. The van der Waals surface area contributed by atoms with Crippen LogP contribution in [0.4, 0.5) is 0 Å². The Hall–Kier alpha value is -0.730. The van der Waals surface area contributed by atoms with E-state index in [0.717, 1.165) is 40.3 Å². The maximum atomic E-state index is 6.33. The van der Waals surface area contributed by atoms with Gasteiger partial charge in [0, 0.05) is 11.6 Å². The largest absolute Gasteiger partial charge is 0.326 e. The topological polar surface area (TPSA) is 17.8 Å². The lowest BCUT2D eigenvalue weighted by Gasteiger charge is -2.19. The summed E-state index contributed by atoms with van der Waals surface area (Å²) in [5.74, 6) is 2.48. The molecule has 0 radical (unpaired) electrons. The highest BCUT2D eigenvalue weighted by Crippen LogP contribution is 2.35. The Morgan fingerprint density at radius 3 is 2.85 bits per heavy atom. The molecule has 108 valence electrons. The van der Waals surface area contributed by atoms with E-state index >= 15 is 0 Å². The molecule has 0 bridgehead atoms. The molecule has 0 N–H and O–H groups in total. The number of alkyl halides is 1. The fraction of sp³-hybridized carbons (Fsp3) is 0.562. The zero-order chi connectivity index (χ0) is 14.3. The van der Waals surface area contributed by atoms with E-state index in [4.69, 9.17) is 23.2 Å². The van der Waals surface area contributed by atoms with Gasteiger partial charge in [-0.3, -0.25) is 0 Å². The molecule has 3 unspecified atom stereocenters. The van der Waals surface area contributed by atoms with Crippen LogP contribution in [0, 0.1) is 11.8 Å². The Morgan fingerprint density at radius 2 is 2.20 bits per heavy atom. The van der Waals surface area contributed by atoms with Crippen LogP contribution in [0.25, 0.3) is 11.0 Å². The van der Waals surface area contributed by atoms with E-state index < -0.39 is 0 Å². The maximum Gasteiger partial charge on any atom is 0.127 e. The number of imidazole rings is 1. The number of fused-ring (bicyclic) bond motifs is 1. The van der Waals surface area contributed by atoms with Gasteiger partial charge in [0.15, 0.2) is 0 Å². The summed E-state index contributed by atoms with van der Waals surface area (Å²) in [5.41, 5.74) is 2.10. The lowest BCUT2D eigenvalue weighted by Crippen LogP contribution is -2.15. The Bertz CT molecular complexity index is 618. The summed E-state index contributed by atoms with van der Waals surface area (Å²) in [6.45, 7) is 5.36. The molecular weight excluding hydrogens is 291 g/mol. The molecule has 1 aliphatic rings. The Kier molecular flexibility index (Phi) is 3.96. The van der Waals surface area contributed by atoms with Gasteiger partial charge in [0.1, 0.15) is 5.82 Å². The number of rotatable bonds is 3. The van der Waals surface area contributed by atoms with Crippen molar-refractivity contribution in [3.05, 3.63) is 29.0 Å². The molecule has 0 saturated heterocycles. The van der Waals surface area contributed by atoms with Crippen LogP contribution in [0.5, 0.6) is 0 Å². The van der Waals surface area contributed by atoms with Gasteiger partial charge in [-0.15, -0.1) is 11.6 Å². The standard InChI is InChI=1S/C16H20Cl2N2/c1-10-4-3-5-12(10)9-20-15-7-6-13(18)8-14(15)19-16(20)11(2)17/h6-8,10-12H,3-5,9H2,1-2H3. The second-order valence-corrected chi connectivity index (χ2v) is 7.09. The summed E-state index contributed by atoms with van der Waals surface area (Å²) in [6.07, 6.45) is 4.00. The Morgan fingerprint density at radius 1 is 1.40 bits per heavy atom. The van der Waals surface area contributed by atoms with Crippen molar-refractivity contribution in [2.45, 2.75) is 45.0 Å². The molecule has 3 atom stereocenters. The molecule has 20 heavy (non-hydrogen) atoms. The quantitative estimate of drug-likeness (QED) is 0.691. The highest BCUT2D eigenvalue weighted by molar-refractivity contribution is 6.31. The normalized spacial score (nSPS) is 24.4. The van der Waals surface area contributed by atoms with Crippen molar-refractivity contribution in [2.24, 2.45) is 11.8 Å². The highest BCUT2D eigenvalue weighted by atomic mass is 35.5. The zero-order valence-electron chi connectivity index (χ0n) is 11.9. The predicted octanol–water partition coefficient (Wildman–Crippen LogP) is 5.43. The van der Waals surface area contributed by atoms with Gasteiger partial charge < -0.3 is 4.57 Å². The number of aromatic nitrogens is 2. The summed E-state index contributed by atoms with van der Waals surface area (Å²) in [4.78, 5) is 4.69. The fourth-order valence-corrected chi connectivity index (χ4v) is 3.68. The van der Waals surface area contributed by atoms with E-state index in [1.807, 2.05) is 19.1 Å². The molecule has 1 heterocycles. The van der Waals surface area contributed by atoms with E-state index in [1.165, 1.54) is 19.3 Å². The van der Waals surface area contributed by atoms with Crippen LogP contribution < -0.4 is 0 Å². The van der Waals surface area contributed by atoms with E-state index in [-0.39, 0.29) is 5.38 Å². The summed E-state index contributed by atoms with van der Waals surface area (Å²) in [7, 11) is 0. The van der Waals surface area contributed by atoms with Gasteiger partial charge in [-0.05, 0) is 43.4 Å². The van der Waals surface area contributed by atoms with E-state index in [9.17, 15) is 0 Å². The van der Waals surface area contributed by atoms with Gasteiger partial charge in [0.2, 0.25) is 0 Å². The molecule has 0 amide bonds. The van der Waals surface area contributed by atoms with Crippen LogP contribution in [0.1, 0.15) is 44.3 Å².